The van der Waals surface area contributed by atoms with Crippen LogP contribution in [0.15, 0.2) is 0 Å². The minimum atomic E-state index is -1.69. The zero-order valence-electron chi connectivity index (χ0n) is 7.07. The minimum absolute atomic E-state index is 0.610. The van der Waals surface area contributed by atoms with Crippen molar-refractivity contribution in [1.29, 1.82) is 0 Å². The number of aromatic carboxylic acids is 1. The normalized spacial score (nSPS) is 10.3. The average Bonchev–Trinajstić information content (AvgIpc) is 2.11. The third kappa shape index (κ3) is 1.36. The number of carboxylic acid groups (broad SMARTS) is 1. The van der Waals surface area contributed by atoms with Gasteiger partial charge in [0.1, 0.15) is 19.2 Å². The topological polar surface area (TPSA) is 37.3 Å². The van der Waals surface area contributed by atoms with Gasteiger partial charge in [-0.1, -0.05) is 0 Å². The summed E-state index contributed by atoms with van der Waals surface area (Å²) in [6.07, 6.45) is 0. The van der Waals surface area contributed by atoms with Crippen LogP contribution in [0.2, 0.25) is 0 Å². The maximum absolute atomic E-state index is 13.0. The molecule has 0 aromatic heterocycles. The number of hydrogen-bond acceptors (Lipinski definition) is 1. The first-order valence-electron chi connectivity index (χ1n) is 3.53. The van der Waals surface area contributed by atoms with Gasteiger partial charge >= 0.3 is 5.97 Å². The Morgan fingerprint density at radius 2 is 1.71 bits per heavy atom. The number of carboxylic acids is 1. The molecule has 0 spiro atoms. The van der Waals surface area contributed by atoms with Crippen molar-refractivity contribution < 1.29 is 23.1 Å². The Hall–Kier alpha value is -1.46. The first kappa shape index (κ1) is 10.6. The number of hydrogen-bond donors (Lipinski definition) is 1. The molecule has 0 aliphatic rings. The Labute approximate surface area is 78.8 Å². The van der Waals surface area contributed by atoms with E-state index in [0.717, 1.165) is 6.92 Å². The van der Waals surface area contributed by atoms with Crippen LogP contribution in [0.25, 0.3) is 0 Å². The van der Waals surface area contributed by atoms with Crippen molar-refractivity contribution in [3.8, 4) is 0 Å². The summed E-state index contributed by atoms with van der Waals surface area (Å²) in [5, 5.41) is 8.50. The van der Waals surface area contributed by atoms with Gasteiger partial charge < -0.3 is 5.11 Å². The van der Waals surface area contributed by atoms with Crippen LogP contribution in [-0.2, 0) is 0 Å². The third-order valence-electron chi connectivity index (χ3n) is 1.80. The number of halogens is 3. The maximum Gasteiger partial charge on any atom is 0.339 e. The summed E-state index contributed by atoms with van der Waals surface area (Å²) >= 11 is 0. The fourth-order valence-electron chi connectivity index (χ4n) is 1.04. The highest BCUT2D eigenvalue weighted by molar-refractivity contribution is 6.33. The second-order valence-corrected chi connectivity index (χ2v) is 2.66. The van der Waals surface area contributed by atoms with E-state index in [-0.39, 0.29) is 0 Å². The molecule has 0 heterocycles. The second-order valence-electron chi connectivity index (χ2n) is 2.66. The van der Waals surface area contributed by atoms with E-state index in [1.54, 1.807) is 0 Å². The van der Waals surface area contributed by atoms with Crippen LogP contribution < -0.4 is 5.46 Å². The fourth-order valence-corrected chi connectivity index (χ4v) is 1.04. The van der Waals surface area contributed by atoms with Crippen molar-refractivity contribution >= 4 is 19.3 Å². The molecule has 2 radical (unpaired) electrons. The zero-order valence-corrected chi connectivity index (χ0v) is 7.07. The highest BCUT2D eigenvalue weighted by Gasteiger charge is 2.23. The van der Waals surface area contributed by atoms with Gasteiger partial charge in [0.05, 0.1) is 0 Å². The third-order valence-corrected chi connectivity index (χ3v) is 1.80. The van der Waals surface area contributed by atoms with Crippen LogP contribution in [0.5, 0.6) is 0 Å². The number of rotatable bonds is 1. The van der Waals surface area contributed by atoms with E-state index in [0.29, 0.717) is 0 Å². The molecule has 6 heteroatoms. The van der Waals surface area contributed by atoms with Crippen LogP contribution in [0.1, 0.15) is 15.9 Å². The van der Waals surface area contributed by atoms with E-state index >= 15 is 0 Å². The van der Waals surface area contributed by atoms with E-state index < -0.39 is 40.0 Å². The quantitative estimate of drug-likeness (QED) is 0.540. The van der Waals surface area contributed by atoms with Crippen LogP contribution in [-0.4, -0.2) is 18.9 Å². The molecule has 1 rings (SSSR count). The summed E-state index contributed by atoms with van der Waals surface area (Å²) in [7, 11) is 4.84. The minimum Gasteiger partial charge on any atom is -0.478 e. The standard InChI is InChI=1S/C8H4BF3O2/c1-2-3(8(13)14)6(11)4(9)7(12)5(2)10/h1H3,(H,13,14). The first-order valence-corrected chi connectivity index (χ1v) is 3.53. The van der Waals surface area contributed by atoms with Crippen molar-refractivity contribution in [1.82, 2.24) is 0 Å². The molecule has 1 aromatic rings. The predicted octanol–water partition coefficient (Wildman–Crippen LogP) is 0.904. The summed E-state index contributed by atoms with van der Waals surface area (Å²) < 4.78 is 38.7. The lowest BCUT2D eigenvalue weighted by Gasteiger charge is -2.08. The van der Waals surface area contributed by atoms with Crippen LogP contribution >= 0.6 is 0 Å². The monoisotopic (exact) mass is 200 g/mol. The summed E-state index contributed by atoms with van der Waals surface area (Å²) in [5.41, 5.74) is -2.67. The maximum atomic E-state index is 13.0. The van der Waals surface area contributed by atoms with Crippen molar-refractivity contribution in [3.63, 3.8) is 0 Å². The Bertz CT molecular complexity index is 389. The van der Waals surface area contributed by atoms with Gasteiger partial charge in [0, 0.05) is 5.56 Å². The summed E-state index contributed by atoms with van der Waals surface area (Å²) in [6, 6.07) is 0. The molecule has 0 amide bonds. The van der Waals surface area contributed by atoms with Crippen molar-refractivity contribution in [2.24, 2.45) is 0 Å². The van der Waals surface area contributed by atoms with Crippen LogP contribution in [0, 0.1) is 24.4 Å². The van der Waals surface area contributed by atoms with Gasteiger partial charge in [-0.15, -0.1) is 0 Å². The lowest BCUT2D eigenvalue weighted by Crippen LogP contribution is -2.22. The number of carbonyl (C=O) groups is 1. The van der Waals surface area contributed by atoms with Gasteiger partial charge in [0.15, 0.2) is 11.6 Å². The molecule has 0 aliphatic carbocycles. The van der Waals surface area contributed by atoms with E-state index in [9.17, 15) is 18.0 Å². The molecule has 0 unspecified atom stereocenters. The van der Waals surface area contributed by atoms with E-state index in [1.807, 2.05) is 0 Å². The Balaban J connectivity index is 3.68. The van der Waals surface area contributed by atoms with Gasteiger partial charge in [0.25, 0.3) is 0 Å². The van der Waals surface area contributed by atoms with Crippen molar-refractivity contribution in [3.05, 3.63) is 28.6 Å². The lowest BCUT2D eigenvalue weighted by molar-refractivity contribution is 0.0690. The molecule has 0 bridgehead atoms. The number of benzene rings is 1. The summed E-state index contributed by atoms with van der Waals surface area (Å²) in [6.45, 7) is 0.963. The van der Waals surface area contributed by atoms with Gasteiger partial charge in [-0.3, -0.25) is 0 Å². The zero-order chi connectivity index (χ0) is 11.0. The molecule has 2 nitrogen and oxygen atoms in total. The van der Waals surface area contributed by atoms with Crippen LogP contribution in [0.4, 0.5) is 13.2 Å². The van der Waals surface area contributed by atoms with E-state index in [1.165, 1.54) is 0 Å². The molecule has 72 valence electrons. The summed E-state index contributed by atoms with van der Waals surface area (Å²) in [4.78, 5) is 10.5. The largest absolute Gasteiger partial charge is 0.478 e. The molecule has 1 N–H and O–H groups in total. The molecule has 0 aliphatic heterocycles. The van der Waals surface area contributed by atoms with Gasteiger partial charge in [-0.05, 0) is 12.4 Å². The predicted molar refractivity (Wildman–Crippen MR) is 43.4 cm³/mol. The van der Waals surface area contributed by atoms with E-state index in [4.69, 9.17) is 13.0 Å². The Morgan fingerprint density at radius 3 is 2.14 bits per heavy atom. The van der Waals surface area contributed by atoms with E-state index in [2.05, 4.69) is 0 Å². The molecular formula is C8H4BF3O2. The SMILES string of the molecule is [B]c1c(F)c(F)c(C)c(C(=O)O)c1F. The highest BCUT2D eigenvalue weighted by atomic mass is 19.2. The van der Waals surface area contributed by atoms with Gasteiger partial charge in [-0.25, -0.2) is 18.0 Å². The average molecular weight is 200 g/mol. The molecule has 0 fully saturated rings. The molecule has 0 atom stereocenters. The lowest BCUT2D eigenvalue weighted by atomic mass is 9.90. The van der Waals surface area contributed by atoms with Crippen molar-refractivity contribution in [2.45, 2.75) is 6.92 Å². The first-order chi connectivity index (χ1) is 6.37. The smallest absolute Gasteiger partial charge is 0.339 e. The Morgan fingerprint density at radius 1 is 1.21 bits per heavy atom. The molecule has 1 aromatic carbocycles. The summed E-state index contributed by atoms with van der Waals surface area (Å²) in [5.74, 6) is -6.15. The molecule has 0 saturated heterocycles. The molecule has 0 saturated carbocycles. The second kappa shape index (κ2) is 3.36. The fraction of sp³-hybridized carbons (Fsp3) is 0.125. The van der Waals surface area contributed by atoms with Gasteiger partial charge in [0.2, 0.25) is 0 Å². The van der Waals surface area contributed by atoms with Crippen LogP contribution in [0.3, 0.4) is 0 Å². The molecule has 14 heavy (non-hydrogen) atoms. The van der Waals surface area contributed by atoms with Gasteiger partial charge in [-0.2, -0.15) is 0 Å². The Kier molecular flexibility index (Phi) is 2.55. The van der Waals surface area contributed by atoms with Crippen molar-refractivity contribution in [2.75, 3.05) is 0 Å². The molecular weight excluding hydrogens is 196 g/mol. The highest BCUT2D eigenvalue weighted by Crippen LogP contribution is 2.17.